The Bertz CT molecular complexity index is 344. The predicted octanol–water partition coefficient (Wildman–Crippen LogP) is 1.83. The third-order valence-electron chi connectivity index (χ3n) is 4.70. The van der Waals surface area contributed by atoms with E-state index in [1.807, 2.05) is 18.7 Å². The first-order chi connectivity index (χ1) is 8.56. The van der Waals surface area contributed by atoms with Gasteiger partial charge in [0, 0.05) is 6.04 Å². The highest BCUT2D eigenvalue weighted by Gasteiger charge is 2.51. The molecule has 2 amide bonds. The highest BCUT2D eigenvalue weighted by Crippen LogP contribution is 2.36. The summed E-state index contributed by atoms with van der Waals surface area (Å²) in [5, 5.41) is 2.85. The maximum atomic E-state index is 12.5. The van der Waals surface area contributed by atoms with E-state index in [4.69, 9.17) is 0 Å². The van der Waals surface area contributed by atoms with Gasteiger partial charge in [-0.1, -0.05) is 26.7 Å². The zero-order chi connectivity index (χ0) is 13.3. The molecule has 4 heteroatoms. The van der Waals surface area contributed by atoms with Gasteiger partial charge in [0.1, 0.15) is 11.6 Å². The van der Waals surface area contributed by atoms with Crippen LogP contribution in [0, 0.1) is 0 Å². The van der Waals surface area contributed by atoms with Crippen LogP contribution in [-0.4, -0.2) is 34.3 Å². The Balaban J connectivity index is 2.38. The maximum absolute atomic E-state index is 12.5. The molecule has 0 aromatic carbocycles. The van der Waals surface area contributed by atoms with Gasteiger partial charge in [-0.2, -0.15) is 0 Å². The highest BCUT2D eigenvalue weighted by atomic mass is 16.2. The first-order valence-electron chi connectivity index (χ1n) is 7.21. The van der Waals surface area contributed by atoms with E-state index in [2.05, 4.69) is 5.32 Å². The average Bonchev–Trinajstić information content (AvgIpc) is 2.87. The molecule has 1 saturated heterocycles. The van der Waals surface area contributed by atoms with E-state index in [-0.39, 0.29) is 23.9 Å². The molecule has 1 aliphatic carbocycles. The molecule has 1 saturated carbocycles. The lowest BCUT2D eigenvalue weighted by atomic mass is 9.84. The molecule has 0 aromatic rings. The second kappa shape index (κ2) is 4.90. The number of piperazine rings is 1. The van der Waals surface area contributed by atoms with Gasteiger partial charge in [0.15, 0.2) is 0 Å². The summed E-state index contributed by atoms with van der Waals surface area (Å²) < 4.78 is 0. The Morgan fingerprint density at radius 2 is 1.78 bits per heavy atom. The summed E-state index contributed by atoms with van der Waals surface area (Å²) in [7, 11) is 0. The molecule has 1 heterocycles. The number of hydrogen-bond donors (Lipinski definition) is 1. The van der Waals surface area contributed by atoms with Crippen LogP contribution >= 0.6 is 0 Å². The normalized spacial score (nSPS) is 28.6. The average molecular weight is 252 g/mol. The lowest BCUT2D eigenvalue weighted by Crippen LogP contribution is -2.71. The number of nitrogens with one attached hydrogen (secondary N) is 1. The van der Waals surface area contributed by atoms with Crippen molar-refractivity contribution in [3.8, 4) is 0 Å². The quantitative estimate of drug-likeness (QED) is 0.833. The molecule has 1 atom stereocenters. The molecular weight excluding hydrogens is 228 g/mol. The first kappa shape index (κ1) is 13.4. The molecule has 0 radical (unpaired) electrons. The Labute approximate surface area is 109 Å². The summed E-state index contributed by atoms with van der Waals surface area (Å²) in [5.41, 5.74) is -0.612. The standard InChI is InChI=1S/C14H24N2O2/c1-4-14(5-2)13(18)15-10(3)12(17)16(14)11-8-6-7-9-11/h10-11H,4-9H2,1-3H3,(H,15,18). The number of rotatable bonds is 3. The van der Waals surface area contributed by atoms with Crippen LogP contribution in [0.2, 0.25) is 0 Å². The molecule has 2 rings (SSSR count). The topological polar surface area (TPSA) is 49.4 Å². The number of nitrogens with zero attached hydrogens (tertiary/aromatic N) is 1. The number of hydrogen-bond acceptors (Lipinski definition) is 2. The van der Waals surface area contributed by atoms with E-state index in [0.29, 0.717) is 12.8 Å². The highest BCUT2D eigenvalue weighted by molar-refractivity contribution is 5.99. The fourth-order valence-electron chi connectivity index (χ4n) is 3.53. The molecule has 102 valence electrons. The molecule has 4 nitrogen and oxygen atoms in total. The zero-order valence-electron chi connectivity index (χ0n) is 11.7. The van der Waals surface area contributed by atoms with Crippen LogP contribution in [0.25, 0.3) is 0 Å². The van der Waals surface area contributed by atoms with Crippen molar-refractivity contribution in [2.24, 2.45) is 0 Å². The zero-order valence-corrected chi connectivity index (χ0v) is 11.7. The fourth-order valence-corrected chi connectivity index (χ4v) is 3.53. The minimum Gasteiger partial charge on any atom is -0.343 e. The fraction of sp³-hybridized carbons (Fsp3) is 0.857. The van der Waals surface area contributed by atoms with E-state index in [0.717, 1.165) is 12.8 Å². The molecular formula is C14H24N2O2. The van der Waals surface area contributed by atoms with Gasteiger partial charge in [-0.25, -0.2) is 0 Å². The SMILES string of the molecule is CCC1(CC)C(=O)NC(C)C(=O)N1C1CCCC1. The first-order valence-corrected chi connectivity index (χ1v) is 7.21. The third-order valence-corrected chi connectivity index (χ3v) is 4.70. The van der Waals surface area contributed by atoms with Crippen molar-refractivity contribution in [3.05, 3.63) is 0 Å². The van der Waals surface area contributed by atoms with E-state index in [9.17, 15) is 9.59 Å². The summed E-state index contributed by atoms with van der Waals surface area (Å²) in [6, 6.07) is -0.102. The third kappa shape index (κ3) is 1.82. The molecule has 0 spiro atoms. The Kier molecular flexibility index (Phi) is 3.64. The van der Waals surface area contributed by atoms with Crippen molar-refractivity contribution in [1.29, 1.82) is 0 Å². The largest absolute Gasteiger partial charge is 0.343 e. The molecule has 1 unspecified atom stereocenters. The van der Waals surface area contributed by atoms with Gasteiger partial charge in [-0.05, 0) is 32.6 Å². The van der Waals surface area contributed by atoms with Gasteiger partial charge < -0.3 is 10.2 Å². The van der Waals surface area contributed by atoms with Crippen molar-refractivity contribution in [1.82, 2.24) is 10.2 Å². The van der Waals surface area contributed by atoms with Crippen molar-refractivity contribution < 1.29 is 9.59 Å². The smallest absolute Gasteiger partial charge is 0.246 e. The molecule has 2 aliphatic rings. The summed E-state index contributed by atoms with van der Waals surface area (Å²) in [5.74, 6) is 0.136. The van der Waals surface area contributed by atoms with Gasteiger partial charge >= 0.3 is 0 Å². The van der Waals surface area contributed by atoms with Gasteiger partial charge in [-0.15, -0.1) is 0 Å². The number of amides is 2. The lowest BCUT2D eigenvalue weighted by Gasteiger charge is -2.50. The van der Waals surface area contributed by atoms with E-state index >= 15 is 0 Å². The van der Waals surface area contributed by atoms with E-state index in [1.165, 1.54) is 12.8 Å². The van der Waals surface area contributed by atoms with Crippen LogP contribution in [0.3, 0.4) is 0 Å². The Hall–Kier alpha value is -1.06. The summed E-state index contributed by atoms with van der Waals surface area (Å²) in [6.07, 6.45) is 5.84. The van der Waals surface area contributed by atoms with E-state index < -0.39 is 5.54 Å². The van der Waals surface area contributed by atoms with Crippen molar-refractivity contribution in [3.63, 3.8) is 0 Å². The molecule has 18 heavy (non-hydrogen) atoms. The Morgan fingerprint density at radius 1 is 1.22 bits per heavy atom. The predicted molar refractivity (Wildman–Crippen MR) is 70.0 cm³/mol. The van der Waals surface area contributed by atoms with E-state index in [1.54, 1.807) is 6.92 Å². The summed E-state index contributed by atoms with van der Waals surface area (Å²) in [6.45, 7) is 5.81. The number of carbonyl (C=O) groups is 2. The van der Waals surface area contributed by atoms with Crippen molar-refractivity contribution >= 4 is 11.8 Å². The van der Waals surface area contributed by atoms with Crippen LogP contribution in [0.4, 0.5) is 0 Å². The van der Waals surface area contributed by atoms with Gasteiger partial charge in [0.25, 0.3) is 0 Å². The van der Waals surface area contributed by atoms with Gasteiger partial charge in [-0.3, -0.25) is 9.59 Å². The van der Waals surface area contributed by atoms with Crippen LogP contribution in [0.5, 0.6) is 0 Å². The minimum atomic E-state index is -0.612. The Morgan fingerprint density at radius 3 is 2.28 bits per heavy atom. The molecule has 2 fully saturated rings. The van der Waals surface area contributed by atoms with Crippen LogP contribution in [-0.2, 0) is 9.59 Å². The molecule has 1 N–H and O–H groups in total. The van der Waals surface area contributed by atoms with Crippen molar-refractivity contribution in [2.75, 3.05) is 0 Å². The second-order valence-corrected chi connectivity index (χ2v) is 5.58. The summed E-state index contributed by atoms with van der Waals surface area (Å²) >= 11 is 0. The maximum Gasteiger partial charge on any atom is 0.246 e. The lowest BCUT2D eigenvalue weighted by molar-refractivity contribution is -0.161. The molecule has 0 bridgehead atoms. The molecule has 1 aliphatic heterocycles. The van der Waals surface area contributed by atoms with Crippen molar-refractivity contribution in [2.45, 2.75) is 76.9 Å². The van der Waals surface area contributed by atoms with Crippen LogP contribution in [0.15, 0.2) is 0 Å². The molecule has 0 aromatic heterocycles. The minimum absolute atomic E-state index is 0.0338. The van der Waals surface area contributed by atoms with Crippen LogP contribution in [0.1, 0.15) is 59.3 Å². The van der Waals surface area contributed by atoms with Crippen LogP contribution < -0.4 is 5.32 Å². The monoisotopic (exact) mass is 252 g/mol. The summed E-state index contributed by atoms with van der Waals surface area (Å²) in [4.78, 5) is 26.8. The number of carbonyl (C=O) groups excluding carboxylic acids is 2. The van der Waals surface area contributed by atoms with Gasteiger partial charge in [0.05, 0.1) is 0 Å². The second-order valence-electron chi connectivity index (χ2n) is 5.58. The van der Waals surface area contributed by atoms with Gasteiger partial charge in [0.2, 0.25) is 11.8 Å².